The van der Waals surface area contributed by atoms with Crippen LogP contribution in [-0.2, 0) is 28.6 Å². The number of unbranched alkanes of at least 4 members (excludes halogenated alkanes) is 1. The predicted molar refractivity (Wildman–Crippen MR) is 89.6 cm³/mol. The van der Waals surface area contributed by atoms with Crippen LogP contribution in [0, 0.1) is 5.92 Å². The highest BCUT2D eigenvalue weighted by Gasteiger charge is 2.36. The average molecular weight is 350 g/mol. The molecule has 0 aliphatic carbocycles. The van der Waals surface area contributed by atoms with Gasteiger partial charge in [0.1, 0.15) is 6.10 Å². The summed E-state index contributed by atoms with van der Waals surface area (Å²) in [7, 11) is -3.72. The van der Waals surface area contributed by atoms with Crippen molar-refractivity contribution in [3.8, 4) is 0 Å². The van der Waals surface area contributed by atoms with Crippen LogP contribution in [0.4, 0.5) is 0 Å². The van der Waals surface area contributed by atoms with Crippen LogP contribution in [0.2, 0.25) is 0 Å². The molecule has 0 saturated heterocycles. The first kappa shape index (κ1) is 22.1. The van der Waals surface area contributed by atoms with Gasteiger partial charge in [-0.25, -0.2) is 4.79 Å². The van der Waals surface area contributed by atoms with E-state index >= 15 is 0 Å². The summed E-state index contributed by atoms with van der Waals surface area (Å²) >= 11 is 0. The van der Waals surface area contributed by atoms with Crippen LogP contribution in [0.5, 0.6) is 0 Å². The highest BCUT2D eigenvalue weighted by molar-refractivity contribution is 7.86. The molecule has 2 unspecified atom stereocenters. The zero-order valence-electron chi connectivity index (χ0n) is 14.9. The number of ether oxygens (including phenoxy) is 2. The van der Waals surface area contributed by atoms with E-state index in [4.69, 9.17) is 13.7 Å². The van der Waals surface area contributed by atoms with Gasteiger partial charge in [0.25, 0.3) is 10.1 Å². The summed E-state index contributed by atoms with van der Waals surface area (Å²) < 4.78 is 38.7. The molecule has 0 aromatic rings. The Labute approximate surface area is 140 Å². The molecule has 0 radical (unpaired) electrons. The molecule has 0 aliphatic rings. The largest absolute Gasteiger partial charge is 0.461 e. The Balaban J connectivity index is 5.14. The van der Waals surface area contributed by atoms with Gasteiger partial charge in [-0.3, -0.25) is 4.18 Å². The maximum atomic E-state index is 12.3. The van der Waals surface area contributed by atoms with E-state index in [0.717, 1.165) is 19.1 Å². The predicted octanol–water partition coefficient (Wildman–Crippen LogP) is 2.68. The lowest BCUT2D eigenvalue weighted by molar-refractivity contribution is -0.168. The van der Waals surface area contributed by atoms with E-state index in [9.17, 15) is 13.2 Å². The highest BCUT2D eigenvalue weighted by atomic mass is 32.2. The molecular formula is C16H30O6S. The second kappa shape index (κ2) is 10.8. The molecule has 0 fully saturated rings. The molecule has 0 saturated carbocycles. The van der Waals surface area contributed by atoms with Crippen LogP contribution in [0.1, 0.15) is 47.5 Å². The van der Waals surface area contributed by atoms with Crippen molar-refractivity contribution >= 4 is 16.1 Å². The first-order valence-corrected chi connectivity index (χ1v) is 9.75. The molecule has 0 spiro atoms. The van der Waals surface area contributed by atoms with E-state index in [0.29, 0.717) is 0 Å². The Morgan fingerprint density at radius 1 is 1.13 bits per heavy atom. The van der Waals surface area contributed by atoms with E-state index in [1.165, 1.54) is 0 Å². The van der Waals surface area contributed by atoms with Gasteiger partial charge in [-0.15, -0.1) is 0 Å². The molecule has 23 heavy (non-hydrogen) atoms. The lowest BCUT2D eigenvalue weighted by Gasteiger charge is -2.28. The van der Waals surface area contributed by atoms with Gasteiger partial charge < -0.3 is 9.47 Å². The monoisotopic (exact) mass is 350 g/mol. The van der Waals surface area contributed by atoms with Gasteiger partial charge in [0.05, 0.1) is 19.0 Å². The average Bonchev–Trinajstić information content (AvgIpc) is 2.38. The minimum absolute atomic E-state index is 0.189. The summed E-state index contributed by atoms with van der Waals surface area (Å²) in [5.41, 5.74) is 0. The molecule has 0 aliphatic heterocycles. The third-order valence-electron chi connectivity index (χ3n) is 2.82. The molecule has 0 rings (SSSR count). The summed E-state index contributed by atoms with van der Waals surface area (Å²) in [6.07, 6.45) is 4.28. The number of rotatable bonds is 11. The van der Waals surface area contributed by atoms with Gasteiger partial charge in [-0.1, -0.05) is 39.3 Å². The fourth-order valence-electron chi connectivity index (χ4n) is 1.82. The van der Waals surface area contributed by atoms with Crippen molar-refractivity contribution in [2.24, 2.45) is 5.92 Å². The normalized spacial score (nSPS) is 15.3. The van der Waals surface area contributed by atoms with E-state index in [1.807, 2.05) is 6.08 Å². The Bertz CT molecular complexity index is 467. The third-order valence-corrected chi connectivity index (χ3v) is 3.39. The smallest absolute Gasteiger partial charge is 0.338 e. The van der Waals surface area contributed by atoms with Gasteiger partial charge >= 0.3 is 5.97 Å². The standard InChI is InChI=1S/C16H30O6S/c1-7-8-9-10-11-20-15(16(17)21-13(4)5)14(12(2)3)22-23(6,18)19/h9-10,12-15H,7-8,11H2,1-6H3/b10-9+. The fraction of sp³-hybridized carbons (Fsp3) is 0.812. The molecule has 0 aromatic heterocycles. The third kappa shape index (κ3) is 10.5. The molecule has 7 heteroatoms. The molecule has 6 nitrogen and oxygen atoms in total. The topological polar surface area (TPSA) is 78.9 Å². The van der Waals surface area contributed by atoms with Crippen LogP contribution >= 0.6 is 0 Å². The van der Waals surface area contributed by atoms with Gasteiger partial charge in [-0.2, -0.15) is 8.42 Å². The van der Waals surface area contributed by atoms with Crippen molar-refractivity contribution in [1.29, 1.82) is 0 Å². The maximum Gasteiger partial charge on any atom is 0.338 e. The number of carbonyl (C=O) groups is 1. The molecule has 2 atom stereocenters. The zero-order valence-corrected chi connectivity index (χ0v) is 15.8. The summed E-state index contributed by atoms with van der Waals surface area (Å²) in [5.74, 6) is -0.861. The number of carbonyl (C=O) groups excluding carboxylic acids is 1. The van der Waals surface area contributed by atoms with E-state index in [1.54, 1.807) is 33.8 Å². The van der Waals surface area contributed by atoms with Gasteiger partial charge in [-0.05, 0) is 26.2 Å². The Morgan fingerprint density at radius 3 is 2.17 bits per heavy atom. The van der Waals surface area contributed by atoms with Gasteiger partial charge in [0, 0.05) is 0 Å². The maximum absolute atomic E-state index is 12.3. The summed E-state index contributed by atoms with van der Waals surface area (Å²) in [6.45, 7) is 9.22. The minimum Gasteiger partial charge on any atom is -0.461 e. The molecule has 136 valence electrons. The van der Waals surface area contributed by atoms with E-state index < -0.39 is 28.3 Å². The molecule has 0 amide bonds. The van der Waals surface area contributed by atoms with E-state index in [-0.39, 0.29) is 18.6 Å². The summed E-state index contributed by atoms with van der Waals surface area (Å²) in [5, 5.41) is 0. The summed E-state index contributed by atoms with van der Waals surface area (Å²) in [4.78, 5) is 12.3. The van der Waals surface area contributed by atoms with Gasteiger partial charge in [0.2, 0.25) is 0 Å². The Kier molecular flexibility index (Phi) is 10.3. The van der Waals surface area contributed by atoms with Crippen molar-refractivity contribution in [3.05, 3.63) is 12.2 Å². The van der Waals surface area contributed by atoms with Crippen LogP contribution in [0.3, 0.4) is 0 Å². The quantitative estimate of drug-likeness (QED) is 0.324. The van der Waals surface area contributed by atoms with Crippen LogP contribution < -0.4 is 0 Å². The van der Waals surface area contributed by atoms with Crippen LogP contribution in [0.15, 0.2) is 12.2 Å². The molecular weight excluding hydrogens is 320 g/mol. The molecule has 0 aromatic carbocycles. The van der Waals surface area contributed by atoms with Gasteiger partial charge in [0.15, 0.2) is 6.10 Å². The summed E-state index contributed by atoms with van der Waals surface area (Å²) in [6, 6.07) is 0. The fourth-order valence-corrected chi connectivity index (χ4v) is 2.55. The molecule has 0 bridgehead atoms. The SMILES string of the molecule is CCC/C=C/COC(C(=O)OC(C)C)C(OS(C)(=O)=O)C(C)C. The number of esters is 1. The minimum atomic E-state index is -3.72. The first-order chi connectivity index (χ1) is 10.6. The zero-order chi connectivity index (χ0) is 18.0. The second-order valence-electron chi connectivity index (χ2n) is 6.01. The number of allylic oxidation sites excluding steroid dienone is 1. The van der Waals surface area contributed by atoms with Crippen molar-refractivity contribution in [1.82, 2.24) is 0 Å². The van der Waals surface area contributed by atoms with Crippen molar-refractivity contribution in [2.75, 3.05) is 12.9 Å². The second-order valence-corrected chi connectivity index (χ2v) is 7.61. The molecule has 0 heterocycles. The Morgan fingerprint density at radius 2 is 1.74 bits per heavy atom. The first-order valence-electron chi connectivity index (χ1n) is 7.93. The number of hydrogen-bond acceptors (Lipinski definition) is 6. The Hall–Kier alpha value is -0.920. The van der Waals surface area contributed by atoms with E-state index in [2.05, 4.69) is 6.92 Å². The van der Waals surface area contributed by atoms with Crippen LogP contribution in [0.25, 0.3) is 0 Å². The van der Waals surface area contributed by atoms with Crippen LogP contribution in [-0.4, -0.2) is 45.6 Å². The van der Waals surface area contributed by atoms with Crippen molar-refractivity contribution < 1.29 is 26.9 Å². The number of hydrogen-bond donors (Lipinski definition) is 0. The lowest BCUT2D eigenvalue weighted by atomic mass is 10.0. The lowest BCUT2D eigenvalue weighted by Crippen LogP contribution is -2.44. The van der Waals surface area contributed by atoms with Crippen molar-refractivity contribution in [3.63, 3.8) is 0 Å². The highest BCUT2D eigenvalue weighted by Crippen LogP contribution is 2.18. The van der Waals surface area contributed by atoms with Crippen molar-refractivity contribution in [2.45, 2.75) is 65.8 Å². The molecule has 0 N–H and O–H groups in total.